The standard InChI is InChI=1S/C14H15F3N2O/c15-14(16,17)13-6-11(3-2-10(13)7-18)19-8-9-1-4-12(20)5-9/h2-3,6,9,12,19-20H,1,4-5,8H2. The van der Waals surface area contributed by atoms with Crippen molar-refractivity contribution >= 4 is 5.69 Å². The molecular weight excluding hydrogens is 269 g/mol. The summed E-state index contributed by atoms with van der Waals surface area (Å²) in [5, 5.41) is 21.1. The van der Waals surface area contributed by atoms with Gasteiger partial charge in [-0.2, -0.15) is 18.4 Å². The number of rotatable bonds is 3. The highest BCUT2D eigenvalue weighted by Crippen LogP contribution is 2.34. The molecule has 1 saturated carbocycles. The summed E-state index contributed by atoms with van der Waals surface area (Å²) in [5.74, 6) is 0.273. The summed E-state index contributed by atoms with van der Waals surface area (Å²) in [7, 11) is 0. The van der Waals surface area contributed by atoms with Gasteiger partial charge in [-0.3, -0.25) is 0 Å². The minimum absolute atomic E-state index is 0.273. The van der Waals surface area contributed by atoms with Crippen LogP contribution < -0.4 is 5.32 Å². The zero-order valence-corrected chi connectivity index (χ0v) is 10.7. The number of alkyl halides is 3. The lowest BCUT2D eigenvalue weighted by molar-refractivity contribution is -0.137. The van der Waals surface area contributed by atoms with Gasteiger partial charge in [0, 0.05) is 12.2 Å². The maximum Gasteiger partial charge on any atom is 0.417 e. The summed E-state index contributed by atoms with van der Waals surface area (Å²) in [4.78, 5) is 0. The van der Waals surface area contributed by atoms with Crippen LogP contribution in [0.15, 0.2) is 18.2 Å². The van der Waals surface area contributed by atoms with Crippen molar-refractivity contribution in [3.63, 3.8) is 0 Å². The van der Waals surface area contributed by atoms with Gasteiger partial charge in [-0.15, -0.1) is 0 Å². The Morgan fingerprint density at radius 3 is 2.65 bits per heavy atom. The second kappa shape index (κ2) is 5.71. The van der Waals surface area contributed by atoms with E-state index in [4.69, 9.17) is 5.26 Å². The fourth-order valence-electron chi connectivity index (χ4n) is 2.48. The number of nitrogens with zero attached hydrogens (tertiary/aromatic N) is 1. The number of halogens is 3. The van der Waals surface area contributed by atoms with Crippen molar-refractivity contribution in [3.05, 3.63) is 29.3 Å². The molecule has 0 bridgehead atoms. The highest BCUT2D eigenvalue weighted by molar-refractivity contribution is 5.53. The molecule has 0 spiro atoms. The van der Waals surface area contributed by atoms with Crippen molar-refractivity contribution in [2.24, 2.45) is 5.92 Å². The van der Waals surface area contributed by atoms with E-state index in [9.17, 15) is 18.3 Å². The fourth-order valence-corrected chi connectivity index (χ4v) is 2.48. The van der Waals surface area contributed by atoms with Crippen LogP contribution in [0, 0.1) is 17.2 Å². The van der Waals surface area contributed by atoms with Crippen LogP contribution >= 0.6 is 0 Å². The molecule has 0 aromatic heterocycles. The maximum atomic E-state index is 12.8. The molecule has 2 N–H and O–H groups in total. The molecule has 2 atom stereocenters. The Morgan fingerprint density at radius 2 is 2.10 bits per heavy atom. The molecule has 1 aromatic carbocycles. The lowest BCUT2D eigenvalue weighted by Crippen LogP contribution is -2.14. The Kier molecular flexibility index (Phi) is 4.19. The largest absolute Gasteiger partial charge is 0.417 e. The van der Waals surface area contributed by atoms with Crippen LogP contribution in [-0.4, -0.2) is 17.8 Å². The molecule has 2 unspecified atom stereocenters. The van der Waals surface area contributed by atoms with Gasteiger partial charge in [0.1, 0.15) is 0 Å². The van der Waals surface area contributed by atoms with E-state index >= 15 is 0 Å². The molecule has 1 aliphatic carbocycles. The van der Waals surface area contributed by atoms with Crippen LogP contribution in [0.1, 0.15) is 30.4 Å². The molecular formula is C14H15F3N2O. The third kappa shape index (κ3) is 3.42. The van der Waals surface area contributed by atoms with Crippen molar-refractivity contribution in [2.75, 3.05) is 11.9 Å². The quantitative estimate of drug-likeness (QED) is 0.896. The predicted molar refractivity (Wildman–Crippen MR) is 68.0 cm³/mol. The lowest BCUT2D eigenvalue weighted by atomic mass is 10.1. The molecule has 2 rings (SSSR count). The summed E-state index contributed by atoms with van der Waals surface area (Å²) in [6.45, 7) is 0.528. The van der Waals surface area contributed by atoms with Gasteiger partial charge in [-0.1, -0.05) is 0 Å². The van der Waals surface area contributed by atoms with Crippen LogP contribution in [0.5, 0.6) is 0 Å². The van der Waals surface area contributed by atoms with Crippen LogP contribution in [0.3, 0.4) is 0 Å². The van der Waals surface area contributed by atoms with Gasteiger partial charge in [0.25, 0.3) is 0 Å². The first-order valence-electron chi connectivity index (χ1n) is 6.43. The highest BCUT2D eigenvalue weighted by atomic mass is 19.4. The minimum atomic E-state index is -4.54. The number of benzene rings is 1. The van der Waals surface area contributed by atoms with Crippen LogP contribution in [0.4, 0.5) is 18.9 Å². The van der Waals surface area contributed by atoms with Crippen molar-refractivity contribution in [2.45, 2.75) is 31.5 Å². The Balaban J connectivity index is 2.08. The molecule has 0 amide bonds. The minimum Gasteiger partial charge on any atom is -0.393 e. The number of hydrogen-bond acceptors (Lipinski definition) is 3. The number of nitrogens with one attached hydrogen (secondary N) is 1. The maximum absolute atomic E-state index is 12.8. The molecule has 0 saturated heterocycles. The second-order valence-electron chi connectivity index (χ2n) is 5.08. The van der Waals surface area contributed by atoms with Crippen LogP contribution in [-0.2, 0) is 6.18 Å². The molecule has 0 radical (unpaired) electrons. The van der Waals surface area contributed by atoms with E-state index in [0.717, 1.165) is 18.9 Å². The van der Waals surface area contributed by atoms with E-state index < -0.39 is 11.7 Å². The highest BCUT2D eigenvalue weighted by Gasteiger charge is 2.34. The van der Waals surface area contributed by atoms with Crippen molar-refractivity contribution in [3.8, 4) is 6.07 Å². The Bertz CT molecular complexity index is 522. The summed E-state index contributed by atoms with van der Waals surface area (Å²) < 4.78 is 38.4. The van der Waals surface area contributed by atoms with Gasteiger partial charge in [0.05, 0.1) is 23.3 Å². The molecule has 1 aromatic rings. The number of nitriles is 1. The monoisotopic (exact) mass is 284 g/mol. The average molecular weight is 284 g/mol. The lowest BCUT2D eigenvalue weighted by Gasteiger charge is -2.14. The van der Waals surface area contributed by atoms with E-state index in [-0.39, 0.29) is 17.6 Å². The molecule has 3 nitrogen and oxygen atoms in total. The number of anilines is 1. The zero-order chi connectivity index (χ0) is 14.8. The number of hydrogen-bond donors (Lipinski definition) is 2. The van der Waals surface area contributed by atoms with Gasteiger partial charge >= 0.3 is 6.18 Å². The summed E-state index contributed by atoms with van der Waals surface area (Å²) in [6.07, 6.45) is -2.54. The molecule has 108 valence electrons. The first kappa shape index (κ1) is 14.7. The Morgan fingerprint density at radius 1 is 1.35 bits per heavy atom. The third-order valence-corrected chi connectivity index (χ3v) is 3.55. The van der Waals surface area contributed by atoms with Gasteiger partial charge < -0.3 is 10.4 Å². The van der Waals surface area contributed by atoms with Gasteiger partial charge in [0.2, 0.25) is 0 Å². The summed E-state index contributed by atoms with van der Waals surface area (Å²) in [6, 6.07) is 5.16. The summed E-state index contributed by atoms with van der Waals surface area (Å²) >= 11 is 0. The van der Waals surface area contributed by atoms with E-state index in [1.165, 1.54) is 12.1 Å². The van der Waals surface area contributed by atoms with Crippen molar-refractivity contribution < 1.29 is 18.3 Å². The predicted octanol–water partition coefficient (Wildman–Crippen LogP) is 3.15. The van der Waals surface area contributed by atoms with Crippen LogP contribution in [0.25, 0.3) is 0 Å². The Hall–Kier alpha value is -1.74. The zero-order valence-electron chi connectivity index (χ0n) is 10.7. The van der Waals surface area contributed by atoms with Crippen molar-refractivity contribution in [1.29, 1.82) is 5.26 Å². The van der Waals surface area contributed by atoms with Gasteiger partial charge in [-0.05, 0) is 43.4 Å². The topological polar surface area (TPSA) is 56.0 Å². The average Bonchev–Trinajstić information content (AvgIpc) is 2.81. The van der Waals surface area contributed by atoms with Gasteiger partial charge in [0.15, 0.2) is 0 Å². The SMILES string of the molecule is N#Cc1ccc(NCC2CCC(O)C2)cc1C(F)(F)F. The third-order valence-electron chi connectivity index (χ3n) is 3.55. The number of aliphatic hydroxyl groups is 1. The second-order valence-corrected chi connectivity index (χ2v) is 5.08. The molecule has 0 aliphatic heterocycles. The van der Waals surface area contributed by atoms with E-state index in [1.54, 1.807) is 6.07 Å². The summed E-state index contributed by atoms with van der Waals surface area (Å²) in [5.41, 5.74) is -0.950. The molecule has 20 heavy (non-hydrogen) atoms. The van der Waals surface area contributed by atoms with E-state index in [0.29, 0.717) is 18.7 Å². The number of aliphatic hydroxyl groups excluding tert-OH is 1. The molecule has 6 heteroatoms. The van der Waals surface area contributed by atoms with E-state index in [1.807, 2.05) is 0 Å². The van der Waals surface area contributed by atoms with E-state index in [2.05, 4.69) is 5.32 Å². The Labute approximate surface area is 115 Å². The fraction of sp³-hybridized carbons (Fsp3) is 0.500. The normalized spacial score (nSPS) is 22.6. The molecule has 1 fully saturated rings. The van der Waals surface area contributed by atoms with Crippen LogP contribution in [0.2, 0.25) is 0 Å². The van der Waals surface area contributed by atoms with Crippen molar-refractivity contribution in [1.82, 2.24) is 0 Å². The first-order chi connectivity index (χ1) is 9.40. The molecule has 0 heterocycles. The first-order valence-corrected chi connectivity index (χ1v) is 6.43. The smallest absolute Gasteiger partial charge is 0.393 e. The molecule has 1 aliphatic rings. The van der Waals surface area contributed by atoms with Gasteiger partial charge in [-0.25, -0.2) is 0 Å².